The molecule has 0 spiro atoms. The third-order valence-electron chi connectivity index (χ3n) is 1.09. The summed E-state index contributed by atoms with van der Waals surface area (Å²) in [6, 6.07) is 0. The van der Waals surface area contributed by atoms with Crippen LogP contribution < -0.4 is 0 Å². The summed E-state index contributed by atoms with van der Waals surface area (Å²) in [5.74, 6) is 0. The van der Waals surface area contributed by atoms with E-state index in [0.29, 0.717) is 6.61 Å². The van der Waals surface area contributed by atoms with Crippen LogP contribution in [-0.2, 0) is 4.74 Å². The molecule has 0 fully saturated rings. The van der Waals surface area contributed by atoms with Gasteiger partial charge in [0.1, 0.15) is 19.5 Å². The van der Waals surface area contributed by atoms with Crippen LogP contribution in [0.25, 0.3) is 0 Å². The fraction of sp³-hybridized carbons (Fsp3) is 0.857. The Bertz CT molecular complexity index is 64.6. The van der Waals surface area contributed by atoms with Crippen molar-refractivity contribution in [3.8, 4) is 0 Å². The van der Waals surface area contributed by atoms with E-state index in [4.69, 9.17) is 4.74 Å². The summed E-state index contributed by atoms with van der Waals surface area (Å²) in [7, 11) is 0. The summed E-state index contributed by atoms with van der Waals surface area (Å²) in [5.41, 5.74) is 0. The van der Waals surface area contributed by atoms with Gasteiger partial charge in [-0.25, -0.2) is 8.78 Å². The smallest absolute Gasteiger partial charge is 0.118 e. The van der Waals surface area contributed by atoms with Crippen molar-refractivity contribution in [3.05, 3.63) is 6.92 Å². The van der Waals surface area contributed by atoms with Crippen LogP contribution in [0.2, 0.25) is 0 Å². The van der Waals surface area contributed by atoms with Crippen molar-refractivity contribution >= 4 is 0 Å². The largest absolute Gasteiger partial charge is 0.373 e. The van der Waals surface area contributed by atoms with E-state index in [1.54, 1.807) is 0 Å². The van der Waals surface area contributed by atoms with Crippen LogP contribution in [0.4, 0.5) is 8.78 Å². The fourth-order valence-corrected chi connectivity index (χ4v) is 0.482. The SMILES string of the molecule is [CH2]CCCOC(CF)CF. The van der Waals surface area contributed by atoms with Gasteiger partial charge in [0, 0.05) is 6.61 Å². The highest BCUT2D eigenvalue weighted by atomic mass is 19.1. The normalized spacial score (nSPS) is 10.8. The molecule has 61 valence electrons. The topological polar surface area (TPSA) is 9.23 Å². The maximum Gasteiger partial charge on any atom is 0.118 e. The number of unbranched alkanes of at least 4 members (excludes halogenated alkanes) is 1. The second kappa shape index (κ2) is 6.93. The first-order valence-corrected chi connectivity index (χ1v) is 3.38. The van der Waals surface area contributed by atoms with Gasteiger partial charge >= 0.3 is 0 Å². The number of halogens is 2. The molecular weight excluding hydrogens is 138 g/mol. The van der Waals surface area contributed by atoms with Crippen LogP contribution in [0.3, 0.4) is 0 Å². The number of hydrogen-bond acceptors (Lipinski definition) is 1. The molecule has 0 atom stereocenters. The van der Waals surface area contributed by atoms with Crippen LogP contribution in [0.5, 0.6) is 0 Å². The molecule has 0 aromatic heterocycles. The fourth-order valence-electron chi connectivity index (χ4n) is 0.482. The Morgan fingerprint density at radius 2 is 1.90 bits per heavy atom. The lowest BCUT2D eigenvalue weighted by Gasteiger charge is -2.08. The average Bonchev–Trinajstić information content (AvgIpc) is 1.99. The summed E-state index contributed by atoms with van der Waals surface area (Å²) in [6.45, 7) is 2.49. The molecule has 0 aliphatic carbocycles. The van der Waals surface area contributed by atoms with Crippen LogP contribution >= 0.6 is 0 Å². The van der Waals surface area contributed by atoms with Gasteiger partial charge in [-0.1, -0.05) is 13.3 Å². The molecule has 1 nitrogen and oxygen atoms in total. The van der Waals surface area contributed by atoms with E-state index in [1.165, 1.54) is 0 Å². The van der Waals surface area contributed by atoms with Gasteiger partial charge in [0.25, 0.3) is 0 Å². The lowest BCUT2D eigenvalue weighted by Crippen LogP contribution is -2.18. The Hall–Kier alpha value is -0.180. The van der Waals surface area contributed by atoms with E-state index in [1.807, 2.05) is 0 Å². The molecule has 10 heavy (non-hydrogen) atoms. The maximum absolute atomic E-state index is 11.7. The zero-order valence-electron chi connectivity index (χ0n) is 5.98. The molecule has 0 bridgehead atoms. The van der Waals surface area contributed by atoms with Crippen LogP contribution in [0.15, 0.2) is 0 Å². The average molecular weight is 151 g/mol. The molecule has 0 aliphatic heterocycles. The van der Waals surface area contributed by atoms with Crippen molar-refractivity contribution in [3.63, 3.8) is 0 Å². The molecule has 0 unspecified atom stereocenters. The van der Waals surface area contributed by atoms with Crippen molar-refractivity contribution in [2.24, 2.45) is 0 Å². The predicted molar refractivity (Wildman–Crippen MR) is 36.3 cm³/mol. The number of alkyl halides is 2. The first kappa shape index (κ1) is 9.82. The van der Waals surface area contributed by atoms with Gasteiger partial charge in [0.05, 0.1) is 0 Å². The lowest BCUT2D eigenvalue weighted by atomic mass is 10.3. The second-order valence-electron chi connectivity index (χ2n) is 2.01. The molecular formula is C7H13F2O. The zero-order chi connectivity index (χ0) is 7.82. The lowest BCUT2D eigenvalue weighted by molar-refractivity contribution is 0.0191. The highest BCUT2D eigenvalue weighted by molar-refractivity contribution is 4.52. The van der Waals surface area contributed by atoms with Crippen LogP contribution in [-0.4, -0.2) is 26.1 Å². The third-order valence-corrected chi connectivity index (χ3v) is 1.09. The Morgan fingerprint density at radius 1 is 1.30 bits per heavy atom. The Balaban J connectivity index is 3.09. The summed E-state index contributed by atoms with van der Waals surface area (Å²) < 4.78 is 28.2. The van der Waals surface area contributed by atoms with E-state index in [9.17, 15) is 8.78 Å². The zero-order valence-corrected chi connectivity index (χ0v) is 5.98. The summed E-state index contributed by atoms with van der Waals surface area (Å²) >= 11 is 0. The summed E-state index contributed by atoms with van der Waals surface area (Å²) in [4.78, 5) is 0. The number of hydrogen-bond donors (Lipinski definition) is 0. The van der Waals surface area contributed by atoms with Crippen LogP contribution in [0.1, 0.15) is 12.8 Å². The number of ether oxygens (including phenoxy) is 1. The van der Waals surface area contributed by atoms with Gasteiger partial charge in [-0.05, 0) is 6.42 Å². The molecule has 0 heterocycles. The molecule has 0 saturated heterocycles. The Kier molecular flexibility index (Phi) is 6.81. The summed E-state index contributed by atoms with van der Waals surface area (Å²) in [6.07, 6.45) is 0.647. The van der Waals surface area contributed by atoms with E-state index in [0.717, 1.165) is 12.8 Å². The molecule has 0 aromatic carbocycles. The van der Waals surface area contributed by atoms with Gasteiger partial charge in [0.2, 0.25) is 0 Å². The predicted octanol–water partition coefficient (Wildman–Crippen LogP) is 1.92. The van der Waals surface area contributed by atoms with Crippen molar-refractivity contribution in [2.75, 3.05) is 20.0 Å². The standard InChI is InChI=1S/C7H13F2O/c1-2-3-4-10-7(5-8)6-9/h7H,1-6H2. The van der Waals surface area contributed by atoms with E-state index < -0.39 is 19.5 Å². The van der Waals surface area contributed by atoms with E-state index in [-0.39, 0.29) is 0 Å². The van der Waals surface area contributed by atoms with Crippen molar-refractivity contribution in [2.45, 2.75) is 18.9 Å². The molecule has 0 rings (SSSR count). The maximum atomic E-state index is 11.7. The van der Waals surface area contributed by atoms with Crippen molar-refractivity contribution in [1.29, 1.82) is 0 Å². The minimum absolute atomic E-state index is 0.405. The number of rotatable bonds is 6. The van der Waals surface area contributed by atoms with Crippen molar-refractivity contribution < 1.29 is 13.5 Å². The first-order chi connectivity index (χ1) is 4.85. The second-order valence-corrected chi connectivity index (χ2v) is 2.01. The first-order valence-electron chi connectivity index (χ1n) is 3.38. The van der Waals surface area contributed by atoms with E-state index in [2.05, 4.69) is 6.92 Å². The molecule has 0 aromatic rings. The Morgan fingerprint density at radius 3 is 2.30 bits per heavy atom. The third kappa shape index (κ3) is 4.68. The van der Waals surface area contributed by atoms with Gasteiger partial charge in [-0.2, -0.15) is 0 Å². The highest BCUT2D eigenvalue weighted by Crippen LogP contribution is 1.96. The summed E-state index contributed by atoms with van der Waals surface area (Å²) in [5, 5.41) is 0. The molecule has 1 radical (unpaired) electrons. The molecule has 0 amide bonds. The quantitative estimate of drug-likeness (QED) is 0.527. The molecule has 0 aliphatic rings. The minimum atomic E-state index is -0.855. The minimum Gasteiger partial charge on any atom is -0.373 e. The van der Waals surface area contributed by atoms with Crippen LogP contribution in [0, 0.1) is 6.92 Å². The van der Waals surface area contributed by atoms with E-state index >= 15 is 0 Å². The Labute approximate surface area is 60.4 Å². The van der Waals surface area contributed by atoms with Gasteiger partial charge < -0.3 is 4.74 Å². The molecule has 3 heteroatoms. The van der Waals surface area contributed by atoms with Crippen molar-refractivity contribution in [1.82, 2.24) is 0 Å². The van der Waals surface area contributed by atoms with Gasteiger partial charge in [-0.3, -0.25) is 0 Å². The molecule has 0 N–H and O–H groups in total. The van der Waals surface area contributed by atoms with Gasteiger partial charge in [-0.15, -0.1) is 0 Å². The van der Waals surface area contributed by atoms with Gasteiger partial charge in [0.15, 0.2) is 0 Å². The highest BCUT2D eigenvalue weighted by Gasteiger charge is 2.05. The monoisotopic (exact) mass is 151 g/mol. The molecule has 0 saturated carbocycles.